The van der Waals surface area contributed by atoms with Crippen LogP contribution in [-0.2, 0) is 4.79 Å². The van der Waals surface area contributed by atoms with Gasteiger partial charge in [-0.15, -0.1) is 0 Å². The van der Waals surface area contributed by atoms with Gasteiger partial charge in [0.25, 0.3) is 0 Å². The number of aryl methyl sites for hydroxylation is 1. The summed E-state index contributed by atoms with van der Waals surface area (Å²) in [5.41, 5.74) is 3.30. The largest absolute Gasteiger partial charge is 0.325 e. The molecule has 1 aromatic carbocycles. The lowest BCUT2D eigenvalue weighted by Crippen LogP contribution is -2.08. The van der Waals surface area contributed by atoms with Crippen LogP contribution in [0.1, 0.15) is 24.0 Å². The van der Waals surface area contributed by atoms with Crippen LogP contribution in [0.15, 0.2) is 18.2 Å². The summed E-state index contributed by atoms with van der Waals surface area (Å²) in [4.78, 5) is 11.2. The zero-order chi connectivity index (χ0) is 8.72. The highest BCUT2D eigenvalue weighted by molar-refractivity contribution is 6.02. The molecule has 2 rings (SSSR count). The highest BCUT2D eigenvalue weighted by Gasteiger charge is 2.25. The van der Waals surface area contributed by atoms with E-state index in [0.29, 0.717) is 0 Å². The van der Waals surface area contributed by atoms with Gasteiger partial charge in [0.05, 0.1) is 5.92 Å². The fourth-order valence-corrected chi connectivity index (χ4v) is 1.54. The Morgan fingerprint density at radius 1 is 1.42 bits per heavy atom. The van der Waals surface area contributed by atoms with E-state index in [2.05, 4.69) is 11.4 Å². The zero-order valence-corrected chi connectivity index (χ0v) is 7.22. The van der Waals surface area contributed by atoms with E-state index in [1.807, 2.05) is 26.0 Å². The number of carbonyl (C=O) groups is 1. The van der Waals surface area contributed by atoms with Crippen LogP contribution in [0.5, 0.6) is 0 Å². The maximum Gasteiger partial charge on any atom is 0.231 e. The van der Waals surface area contributed by atoms with E-state index in [4.69, 9.17) is 0 Å². The molecule has 1 aromatic rings. The zero-order valence-electron chi connectivity index (χ0n) is 7.22. The minimum absolute atomic E-state index is 0.0138. The van der Waals surface area contributed by atoms with Crippen molar-refractivity contribution in [2.75, 3.05) is 5.32 Å². The normalized spacial score (nSPS) is 20.5. The fraction of sp³-hybridized carbons (Fsp3) is 0.300. The van der Waals surface area contributed by atoms with Gasteiger partial charge in [0.2, 0.25) is 5.91 Å². The molecule has 1 aliphatic rings. The minimum Gasteiger partial charge on any atom is -0.325 e. The molecule has 1 heterocycles. The third kappa shape index (κ3) is 0.916. The molecule has 1 N–H and O–H groups in total. The molecule has 12 heavy (non-hydrogen) atoms. The van der Waals surface area contributed by atoms with Gasteiger partial charge in [-0.25, -0.2) is 0 Å². The van der Waals surface area contributed by atoms with Crippen molar-refractivity contribution in [1.29, 1.82) is 0 Å². The topological polar surface area (TPSA) is 29.1 Å². The second-order valence-electron chi connectivity index (χ2n) is 3.30. The number of carbonyl (C=O) groups excluding carboxylic acids is 1. The molecule has 0 spiro atoms. The van der Waals surface area contributed by atoms with Gasteiger partial charge in [0.1, 0.15) is 0 Å². The second-order valence-corrected chi connectivity index (χ2v) is 3.30. The Balaban J connectivity index is 2.55. The predicted octanol–water partition coefficient (Wildman–Crippen LogP) is 2.05. The molecular formula is C10H11NO. The van der Waals surface area contributed by atoms with Gasteiger partial charge in [-0.1, -0.05) is 17.7 Å². The van der Waals surface area contributed by atoms with Crippen LogP contribution >= 0.6 is 0 Å². The van der Waals surface area contributed by atoms with Crippen molar-refractivity contribution in [3.63, 3.8) is 0 Å². The number of rotatable bonds is 0. The summed E-state index contributed by atoms with van der Waals surface area (Å²) in [6.45, 7) is 3.97. The third-order valence-corrected chi connectivity index (χ3v) is 2.32. The number of hydrogen-bond donors (Lipinski definition) is 1. The summed E-state index contributed by atoms with van der Waals surface area (Å²) in [7, 11) is 0. The van der Waals surface area contributed by atoms with Crippen molar-refractivity contribution in [3.05, 3.63) is 29.3 Å². The Morgan fingerprint density at radius 2 is 2.17 bits per heavy atom. The second kappa shape index (κ2) is 2.34. The highest BCUT2D eigenvalue weighted by atomic mass is 16.2. The number of anilines is 1. The van der Waals surface area contributed by atoms with E-state index in [0.717, 1.165) is 11.3 Å². The predicted molar refractivity (Wildman–Crippen MR) is 48.2 cm³/mol. The third-order valence-electron chi connectivity index (χ3n) is 2.32. The average Bonchev–Trinajstić information content (AvgIpc) is 2.31. The number of hydrogen-bond acceptors (Lipinski definition) is 1. The molecule has 1 aliphatic heterocycles. The van der Waals surface area contributed by atoms with Crippen molar-refractivity contribution in [3.8, 4) is 0 Å². The first-order chi connectivity index (χ1) is 5.68. The molecule has 2 heteroatoms. The lowest BCUT2D eigenvalue weighted by Gasteiger charge is -2.00. The highest BCUT2D eigenvalue weighted by Crippen LogP contribution is 2.32. The monoisotopic (exact) mass is 161 g/mol. The van der Waals surface area contributed by atoms with Crippen LogP contribution in [0, 0.1) is 6.92 Å². The maximum absolute atomic E-state index is 11.2. The number of benzene rings is 1. The van der Waals surface area contributed by atoms with Crippen molar-refractivity contribution in [1.82, 2.24) is 0 Å². The summed E-state index contributed by atoms with van der Waals surface area (Å²) in [5.74, 6) is 0.121. The van der Waals surface area contributed by atoms with Gasteiger partial charge in [-0.2, -0.15) is 0 Å². The summed E-state index contributed by atoms with van der Waals surface area (Å²) in [6, 6.07) is 6.04. The van der Waals surface area contributed by atoms with E-state index < -0.39 is 0 Å². The molecule has 0 radical (unpaired) electrons. The summed E-state index contributed by atoms with van der Waals surface area (Å²) < 4.78 is 0. The lowest BCUT2D eigenvalue weighted by molar-refractivity contribution is -0.116. The van der Waals surface area contributed by atoms with Crippen molar-refractivity contribution in [2.24, 2.45) is 0 Å². The summed E-state index contributed by atoms with van der Waals surface area (Å²) in [6.07, 6.45) is 0. The Labute approximate surface area is 71.6 Å². The summed E-state index contributed by atoms with van der Waals surface area (Å²) >= 11 is 0. The molecule has 2 nitrogen and oxygen atoms in total. The van der Waals surface area contributed by atoms with E-state index in [-0.39, 0.29) is 11.8 Å². The number of fused-ring (bicyclic) bond motifs is 1. The smallest absolute Gasteiger partial charge is 0.231 e. The van der Waals surface area contributed by atoms with Crippen LogP contribution in [-0.4, -0.2) is 5.91 Å². The quantitative estimate of drug-likeness (QED) is 0.620. The summed E-state index contributed by atoms with van der Waals surface area (Å²) in [5, 5.41) is 2.84. The Hall–Kier alpha value is -1.31. The molecular weight excluding hydrogens is 150 g/mol. The Kier molecular flexibility index (Phi) is 1.43. The minimum atomic E-state index is 0.0138. The molecule has 62 valence electrons. The van der Waals surface area contributed by atoms with E-state index >= 15 is 0 Å². The van der Waals surface area contributed by atoms with Crippen molar-refractivity contribution < 1.29 is 4.79 Å². The molecule has 0 saturated heterocycles. The first-order valence-electron chi connectivity index (χ1n) is 4.10. The molecule has 0 aliphatic carbocycles. The van der Waals surface area contributed by atoms with Crippen LogP contribution < -0.4 is 5.32 Å². The maximum atomic E-state index is 11.2. The van der Waals surface area contributed by atoms with Gasteiger partial charge in [-0.3, -0.25) is 4.79 Å². The van der Waals surface area contributed by atoms with Crippen LogP contribution in [0.2, 0.25) is 0 Å². The van der Waals surface area contributed by atoms with E-state index in [1.54, 1.807) is 0 Å². The van der Waals surface area contributed by atoms with Crippen LogP contribution in [0.25, 0.3) is 0 Å². The average molecular weight is 161 g/mol. The molecule has 0 bridgehead atoms. The molecule has 1 atom stereocenters. The van der Waals surface area contributed by atoms with Crippen LogP contribution in [0.3, 0.4) is 0 Å². The van der Waals surface area contributed by atoms with Crippen molar-refractivity contribution in [2.45, 2.75) is 19.8 Å². The molecule has 0 fully saturated rings. The molecule has 0 saturated carbocycles. The lowest BCUT2D eigenvalue weighted by atomic mass is 10.0. The van der Waals surface area contributed by atoms with Gasteiger partial charge in [0, 0.05) is 5.69 Å². The Morgan fingerprint density at radius 3 is 2.92 bits per heavy atom. The standard InChI is InChI=1S/C10H11NO/c1-6-3-4-9-8(5-6)7(2)10(12)11-9/h3-5,7H,1-2H3,(H,11,12)/t7-/m0/s1. The van der Waals surface area contributed by atoms with Gasteiger partial charge in [0.15, 0.2) is 0 Å². The van der Waals surface area contributed by atoms with Gasteiger partial charge >= 0.3 is 0 Å². The molecule has 1 amide bonds. The molecule has 0 aromatic heterocycles. The van der Waals surface area contributed by atoms with E-state index in [9.17, 15) is 4.79 Å². The first-order valence-corrected chi connectivity index (χ1v) is 4.10. The SMILES string of the molecule is Cc1ccc2c(c1)[C@H](C)C(=O)N2. The van der Waals surface area contributed by atoms with Gasteiger partial charge in [-0.05, 0) is 25.5 Å². The van der Waals surface area contributed by atoms with E-state index in [1.165, 1.54) is 5.56 Å². The van der Waals surface area contributed by atoms with Crippen molar-refractivity contribution >= 4 is 11.6 Å². The Bertz CT molecular complexity index is 344. The van der Waals surface area contributed by atoms with Crippen LogP contribution in [0.4, 0.5) is 5.69 Å². The fourth-order valence-electron chi connectivity index (χ4n) is 1.54. The number of nitrogens with one attached hydrogen (secondary N) is 1. The first kappa shape index (κ1) is 7.35. The number of amides is 1. The molecule has 0 unspecified atom stereocenters. The van der Waals surface area contributed by atoms with Gasteiger partial charge < -0.3 is 5.32 Å².